The smallest absolute Gasteiger partial charge is 0.335 e. The molecule has 0 radical (unpaired) electrons. The molecule has 0 saturated carbocycles. The van der Waals surface area contributed by atoms with Gasteiger partial charge < -0.3 is 5.11 Å². The second-order valence-corrected chi connectivity index (χ2v) is 5.82. The van der Waals surface area contributed by atoms with E-state index >= 15 is 0 Å². The minimum absolute atomic E-state index is 0.123. The lowest BCUT2D eigenvalue weighted by Gasteiger charge is -2.15. The Hall–Kier alpha value is -2.38. The molecule has 0 fully saturated rings. The summed E-state index contributed by atoms with van der Waals surface area (Å²) in [5.74, 6) is -3.71. The summed E-state index contributed by atoms with van der Waals surface area (Å²) in [6.07, 6.45) is 0. The lowest BCUT2D eigenvalue weighted by Crippen LogP contribution is -2.17. The van der Waals surface area contributed by atoms with Crippen LogP contribution in [-0.4, -0.2) is 31.3 Å². The largest absolute Gasteiger partial charge is 0.478 e. The standard InChI is InChI=1S/C13H14F2N4O2/c1-13(2,3)6-19-17-11(16-18-19)10-8(14)4-7(12(20)21)5-9(10)15/h4-5H,6H2,1-3H3,(H,20,21). The van der Waals surface area contributed by atoms with Gasteiger partial charge in [-0.25, -0.2) is 13.6 Å². The van der Waals surface area contributed by atoms with Crippen LogP contribution in [-0.2, 0) is 6.54 Å². The Morgan fingerprint density at radius 3 is 2.33 bits per heavy atom. The quantitative estimate of drug-likeness (QED) is 0.940. The number of carboxylic acids is 1. The first-order valence-electron chi connectivity index (χ1n) is 6.18. The molecule has 1 aromatic heterocycles. The van der Waals surface area contributed by atoms with Gasteiger partial charge in [-0.2, -0.15) is 4.80 Å². The molecule has 0 atom stereocenters. The molecule has 0 unspecified atom stereocenters. The molecule has 8 heteroatoms. The van der Waals surface area contributed by atoms with Crippen LogP contribution in [0.2, 0.25) is 0 Å². The molecule has 0 aliphatic heterocycles. The number of nitrogens with zero attached hydrogens (tertiary/aromatic N) is 4. The van der Waals surface area contributed by atoms with Crippen molar-refractivity contribution >= 4 is 5.97 Å². The van der Waals surface area contributed by atoms with E-state index in [1.807, 2.05) is 20.8 Å². The minimum Gasteiger partial charge on any atom is -0.478 e. The third kappa shape index (κ3) is 3.39. The average molecular weight is 296 g/mol. The van der Waals surface area contributed by atoms with Crippen LogP contribution >= 0.6 is 0 Å². The average Bonchev–Trinajstić information content (AvgIpc) is 2.73. The number of carboxylic acid groups (broad SMARTS) is 1. The van der Waals surface area contributed by atoms with Crippen molar-refractivity contribution in [2.24, 2.45) is 5.41 Å². The van der Waals surface area contributed by atoms with Crippen molar-refractivity contribution in [2.75, 3.05) is 0 Å². The van der Waals surface area contributed by atoms with Crippen LogP contribution in [0.3, 0.4) is 0 Å². The van der Waals surface area contributed by atoms with Crippen LogP contribution < -0.4 is 0 Å². The molecule has 2 aromatic rings. The zero-order valence-electron chi connectivity index (χ0n) is 11.8. The number of aromatic carboxylic acids is 1. The highest BCUT2D eigenvalue weighted by atomic mass is 19.1. The van der Waals surface area contributed by atoms with Gasteiger partial charge in [0.05, 0.1) is 17.7 Å². The molecular formula is C13H14F2N4O2. The summed E-state index contributed by atoms with van der Waals surface area (Å²) >= 11 is 0. The first kappa shape index (κ1) is 15.0. The number of hydrogen-bond donors (Lipinski definition) is 1. The summed E-state index contributed by atoms with van der Waals surface area (Å²) in [6.45, 7) is 6.30. The molecule has 1 N–H and O–H groups in total. The zero-order valence-corrected chi connectivity index (χ0v) is 11.8. The first-order chi connectivity index (χ1) is 9.67. The lowest BCUT2D eigenvalue weighted by atomic mass is 9.97. The first-order valence-corrected chi connectivity index (χ1v) is 6.18. The molecule has 1 aromatic carbocycles. The highest BCUT2D eigenvalue weighted by Crippen LogP contribution is 2.24. The van der Waals surface area contributed by atoms with Crippen molar-refractivity contribution in [3.8, 4) is 11.4 Å². The van der Waals surface area contributed by atoms with Gasteiger partial charge in [0.25, 0.3) is 0 Å². The van der Waals surface area contributed by atoms with Crippen LogP contribution in [0.15, 0.2) is 12.1 Å². The van der Waals surface area contributed by atoms with Crippen molar-refractivity contribution in [3.05, 3.63) is 29.3 Å². The van der Waals surface area contributed by atoms with Gasteiger partial charge in [-0.1, -0.05) is 20.8 Å². The fourth-order valence-electron chi connectivity index (χ4n) is 1.74. The van der Waals surface area contributed by atoms with Gasteiger partial charge in [0.1, 0.15) is 11.6 Å². The summed E-state index contributed by atoms with van der Waals surface area (Å²) < 4.78 is 27.8. The minimum atomic E-state index is -1.41. The molecule has 21 heavy (non-hydrogen) atoms. The second-order valence-electron chi connectivity index (χ2n) is 5.82. The molecule has 0 spiro atoms. The number of benzene rings is 1. The molecule has 6 nitrogen and oxygen atoms in total. The van der Waals surface area contributed by atoms with Gasteiger partial charge in [-0.15, -0.1) is 10.2 Å². The summed E-state index contributed by atoms with van der Waals surface area (Å²) in [5, 5.41) is 20.0. The third-order valence-corrected chi connectivity index (χ3v) is 2.58. The topological polar surface area (TPSA) is 80.9 Å². The molecule has 2 rings (SSSR count). The van der Waals surface area contributed by atoms with Crippen molar-refractivity contribution in [1.82, 2.24) is 20.2 Å². The fraction of sp³-hybridized carbons (Fsp3) is 0.385. The normalized spacial score (nSPS) is 11.7. The van der Waals surface area contributed by atoms with Gasteiger partial charge in [0.2, 0.25) is 5.82 Å². The SMILES string of the molecule is CC(C)(C)Cn1nnc(-c2c(F)cc(C(=O)O)cc2F)n1. The van der Waals surface area contributed by atoms with Crippen LogP contribution in [0, 0.1) is 17.0 Å². The maximum atomic E-state index is 13.9. The van der Waals surface area contributed by atoms with Crippen molar-refractivity contribution in [1.29, 1.82) is 0 Å². The maximum Gasteiger partial charge on any atom is 0.335 e. The number of hydrogen-bond acceptors (Lipinski definition) is 4. The Labute approximate surface area is 119 Å². The fourth-order valence-corrected chi connectivity index (χ4v) is 1.74. The summed E-state index contributed by atoms with van der Waals surface area (Å²) in [4.78, 5) is 12.0. The monoisotopic (exact) mass is 296 g/mol. The maximum absolute atomic E-state index is 13.9. The second kappa shape index (κ2) is 5.19. The predicted molar refractivity (Wildman–Crippen MR) is 69.6 cm³/mol. The van der Waals surface area contributed by atoms with Gasteiger partial charge in [0.15, 0.2) is 0 Å². The van der Waals surface area contributed by atoms with E-state index < -0.39 is 28.7 Å². The van der Waals surface area contributed by atoms with E-state index in [0.717, 1.165) is 12.1 Å². The van der Waals surface area contributed by atoms with Gasteiger partial charge >= 0.3 is 5.97 Å². The van der Waals surface area contributed by atoms with E-state index in [-0.39, 0.29) is 11.2 Å². The van der Waals surface area contributed by atoms with Crippen molar-refractivity contribution in [3.63, 3.8) is 0 Å². The zero-order chi connectivity index (χ0) is 15.8. The Balaban J connectivity index is 2.41. The number of aromatic nitrogens is 4. The van der Waals surface area contributed by atoms with E-state index in [0.29, 0.717) is 6.54 Å². The molecule has 0 aliphatic rings. The Morgan fingerprint density at radius 2 is 1.86 bits per heavy atom. The van der Waals surface area contributed by atoms with Crippen molar-refractivity contribution in [2.45, 2.75) is 27.3 Å². The van der Waals surface area contributed by atoms with E-state index in [2.05, 4.69) is 15.4 Å². The highest BCUT2D eigenvalue weighted by Gasteiger charge is 2.21. The third-order valence-electron chi connectivity index (χ3n) is 2.58. The van der Waals surface area contributed by atoms with Crippen LogP contribution in [0.5, 0.6) is 0 Å². The molecule has 0 aliphatic carbocycles. The van der Waals surface area contributed by atoms with Crippen molar-refractivity contribution < 1.29 is 18.7 Å². The molecule has 0 saturated heterocycles. The number of rotatable bonds is 3. The van der Waals surface area contributed by atoms with Crippen LogP contribution in [0.4, 0.5) is 8.78 Å². The van der Waals surface area contributed by atoms with E-state index in [4.69, 9.17) is 5.11 Å². The summed E-state index contributed by atoms with van der Waals surface area (Å²) in [5.41, 5.74) is -1.08. The summed E-state index contributed by atoms with van der Waals surface area (Å²) in [6, 6.07) is 1.45. The molecular weight excluding hydrogens is 282 g/mol. The molecule has 112 valence electrons. The number of tetrazole rings is 1. The van der Waals surface area contributed by atoms with E-state index in [9.17, 15) is 13.6 Å². The number of halogens is 2. The molecule has 1 heterocycles. The van der Waals surface area contributed by atoms with Crippen LogP contribution in [0.1, 0.15) is 31.1 Å². The molecule has 0 bridgehead atoms. The van der Waals surface area contributed by atoms with E-state index in [1.54, 1.807) is 0 Å². The summed E-state index contributed by atoms with van der Waals surface area (Å²) in [7, 11) is 0. The lowest BCUT2D eigenvalue weighted by molar-refractivity contribution is 0.0695. The van der Waals surface area contributed by atoms with Crippen LogP contribution in [0.25, 0.3) is 11.4 Å². The van der Waals surface area contributed by atoms with Gasteiger partial charge in [0, 0.05) is 0 Å². The van der Waals surface area contributed by atoms with Gasteiger partial charge in [-0.3, -0.25) is 0 Å². The molecule has 0 amide bonds. The van der Waals surface area contributed by atoms with Gasteiger partial charge in [-0.05, 0) is 22.8 Å². The Kier molecular flexibility index (Phi) is 3.71. The number of carbonyl (C=O) groups is 1. The van der Waals surface area contributed by atoms with E-state index in [1.165, 1.54) is 4.80 Å². The highest BCUT2D eigenvalue weighted by molar-refractivity contribution is 5.88. The Bertz CT molecular complexity index is 669. The predicted octanol–water partition coefficient (Wildman–Crippen LogP) is 2.36. The Morgan fingerprint density at radius 1 is 1.29 bits per heavy atom.